The van der Waals surface area contributed by atoms with Crippen molar-refractivity contribution < 1.29 is 4.79 Å². The zero-order valence-corrected chi connectivity index (χ0v) is 17.4. The highest BCUT2D eigenvalue weighted by molar-refractivity contribution is 5.91. The van der Waals surface area contributed by atoms with Gasteiger partial charge in [-0.1, -0.05) is 51.1 Å². The number of hydrogen-bond acceptors (Lipinski definition) is 3. The van der Waals surface area contributed by atoms with E-state index in [4.69, 9.17) is 0 Å². The van der Waals surface area contributed by atoms with E-state index in [2.05, 4.69) is 90.5 Å². The fourth-order valence-electron chi connectivity index (χ4n) is 4.54. The summed E-state index contributed by atoms with van der Waals surface area (Å²) in [5.41, 5.74) is 5.32. The molecule has 1 saturated heterocycles. The van der Waals surface area contributed by atoms with Gasteiger partial charge in [-0.3, -0.25) is 4.79 Å². The Morgan fingerprint density at radius 3 is 2.50 bits per heavy atom. The Bertz CT molecular complexity index is 943. The van der Waals surface area contributed by atoms with Gasteiger partial charge in [-0.05, 0) is 47.4 Å². The summed E-state index contributed by atoms with van der Waals surface area (Å²) < 4.78 is 0. The van der Waals surface area contributed by atoms with Crippen LogP contribution in [0.5, 0.6) is 0 Å². The largest absolute Gasteiger partial charge is 0.378 e. The minimum Gasteiger partial charge on any atom is -0.378 e. The van der Waals surface area contributed by atoms with Gasteiger partial charge >= 0.3 is 0 Å². The highest BCUT2D eigenvalue weighted by Crippen LogP contribution is 2.53. The third kappa shape index (κ3) is 2.62. The lowest BCUT2D eigenvalue weighted by Crippen LogP contribution is -2.58. The molecule has 0 aromatic heterocycles. The van der Waals surface area contributed by atoms with Crippen LogP contribution in [0.2, 0.25) is 0 Å². The van der Waals surface area contributed by atoms with Crippen LogP contribution in [0.3, 0.4) is 0 Å². The molecule has 4 rings (SSSR count). The number of benzene rings is 2. The molecule has 0 unspecified atom stereocenters. The van der Waals surface area contributed by atoms with Crippen LogP contribution in [0.1, 0.15) is 37.5 Å². The molecule has 0 aliphatic carbocycles. The van der Waals surface area contributed by atoms with E-state index in [1.165, 1.54) is 16.8 Å². The second-order valence-corrected chi connectivity index (χ2v) is 8.55. The minimum absolute atomic E-state index is 0.0749. The highest BCUT2D eigenvalue weighted by atomic mass is 16.2. The highest BCUT2D eigenvalue weighted by Gasteiger charge is 2.59. The third-order valence-electron chi connectivity index (χ3n) is 6.37. The van der Waals surface area contributed by atoms with Gasteiger partial charge in [0.25, 0.3) is 0 Å². The number of nitrogens with one attached hydrogen (secondary N) is 1. The first-order valence-corrected chi connectivity index (χ1v) is 9.97. The Morgan fingerprint density at radius 2 is 1.86 bits per heavy atom. The van der Waals surface area contributed by atoms with Crippen molar-refractivity contribution in [3.05, 3.63) is 65.2 Å². The molecule has 1 amide bonds. The van der Waals surface area contributed by atoms with E-state index in [1.807, 2.05) is 14.1 Å². The van der Waals surface area contributed by atoms with Crippen molar-refractivity contribution >= 4 is 23.4 Å². The normalized spacial score (nSPS) is 22.3. The molecule has 1 fully saturated rings. The molecular formula is C24H29N3O. The zero-order valence-electron chi connectivity index (χ0n) is 17.4. The monoisotopic (exact) mass is 375 g/mol. The van der Waals surface area contributed by atoms with E-state index < -0.39 is 5.66 Å². The van der Waals surface area contributed by atoms with Crippen LogP contribution in [0, 0.1) is 0 Å². The number of aryl methyl sites for hydroxylation is 1. The summed E-state index contributed by atoms with van der Waals surface area (Å²) >= 11 is 0. The van der Waals surface area contributed by atoms with Gasteiger partial charge in [0, 0.05) is 30.9 Å². The lowest BCUT2D eigenvalue weighted by atomic mass is 9.75. The number of carbonyl (C=O) groups is 1. The number of carbonyl (C=O) groups excluding carboxylic acids is 1. The van der Waals surface area contributed by atoms with Crippen molar-refractivity contribution in [3.8, 4) is 0 Å². The number of amides is 1. The lowest BCUT2D eigenvalue weighted by Gasteiger charge is -2.40. The Balaban J connectivity index is 1.76. The number of anilines is 2. The number of rotatable bonds is 4. The second kappa shape index (κ2) is 6.40. The quantitative estimate of drug-likeness (QED) is 0.879. The molecule has 4 heteroatoms. The van der Waals surface area contributed by atoms with Crippen LogP contribution in [0.4, 0.5) is 11.4 Å². The molecule has 0 spiro atoms. The molecule has 4 nitrogen and oxygen atoms in total. The molecule has 2 aromatic carbocycles. The maximum absolute atomic E-state index is 12.4. The first kappa shape index (κ1) is 18.6. The van der Waals surface area contributed by atoms with Crippen molar-refractivity contribution in [1.29, 1.82) is 0 Å². The summed E-state index contributed by atoms with van der Waals surface area (Å²) in [6.45, 7) is 7.04. The molecule has 2 aliphatic heterocycles. The Kier molecular flexibility index (Phi) is 4.25. The second-order valence-electron chi connectivity index (χ2n) is 8.55. The number of hydrogen-bond donors (Lipinski definition) is 1. The van der Waals surface area contributed by atoms with Crippen LogP contribution >= 0.6 is 0 Å². The summed E-state index contributed by atoms with van der Waals surface area (Å²) in [6.07, 6.45) is 5.32. The van der Waals surface area contributed by atoms with Crippen molar-refractivity contribution in [2.24, 2.45) is 0 Å². The molecule has 2 aromatic rings. The van der Waals surface area contributed by atoms with Crippen molar-refractivity contribution in [3.63, 3.8) is 0 Å². The average molecular weight is 376 g/mol. The predicted octanol–water partition coefficient (Wildman–Crippen LogP) is 3.95. The molecule has 28 heavy (non-hydrogen) atoms. The molecule has 1 atom stereocenters. The Labute approximate surface area is 167 Å². The van der Waals surface area contributed by atoms with E-state index in [0.29, 0.717) is 6.54 Å². The maximum atomic E-state index is 12.4. The topological polar surface area (TPSA) is 35.6 Å². The summed E-state index contributed by atoms with van der Waals surface area (Å²) in [7, 11) is 4.08. The maximum Gasteiger partial charge on any atom is 0.241 e. The zero-order chi connectivity index (χ0) is 20.1. The van der Waals surface area contributed by atoms with Gasteiger partial charge in [-0.2, -0.15) is 0 Å². The van der Waals surface area contributed by atoms with E-state index >= 15 is 0 Å². The van der Waals surface area contributed by atoms with Gasteiger partial charge < -0.3 is 15.1 Å². The van der Waals surface area contributed by atoms with Crippen LogP contribution in [0.25, 0.3) is 6.08 Å². The summed E-state index contributed by atoms with van der Waals surface area (Å²) in [5, 5.41) is 3.30. The molecule has 146 valence electrons. The van der Waals surface area contributed by atoms with E-state index in [0.717, 1.165) is 17.7 Å². The van der Waals surface area contributed by atoms with Crippen LogP contribution in [0.15, 0.2) is 48.5 Å². The molecule has 2 aliphatic rings. The van der Waals surface area contributed by atoms with E-state index in [9.17, 15) is 4.79 Å². The number of fused-ring (bicyclic) bond motifs is 3. The Morgan fingerprint density at radius 1 is 1.14 bits per heavy atom. The number of nitrogens with zero attached hydrogens (tertiary/aromatic N) is 2. The van der Waals surface area contributed by atoms with Gasteiger partial charge in [-0.25, -0.2) is 0 Å². The summed E-state index contributed by atoms with van der Waals surface area (Å²) in [4.78, 5) is 16.7. The molecule has 2 heterocycles. The van der Waals surface area contributed by atoms with Gasteiger partial charge in [0.2, 0.25) is 5.91 Å². The van der Waals surface area contributed by atoms with E-state index in [-0.39, 0.29) is 11.3 Å². The van der Waals surface area contributed by atoms with Crippen molar-refractivity contribution in [2.45, 2.75) is 38.3 Å². The first-order valence-electron chi connectivity index (χ1n) is 9.97. The Hall–Kier alpha value is -2.75. The third-order valence-corrected chi connectivity index (χ3v) is 6.37. The van der Waals surface area contributed by atoms with Gasteiger partial charge in [-0.15, -0.1) is 0 Å². The van der Waals surface area contributed by atoms with Gasteiger partial charge in [0.05, 0.1) is 6.54 Å². The standard InChI is InChI=1S/C24H29N3O/c1-6-17-9-12-21-20(15-17)23(2,3)24(25-22(28)16-27(21)24)14-13-18-7-10-19(11-8-18)26(4)5/h7-15H,6,16H2,1-5H3,(H,25,28)/t24-/m0/s1. The minimum atomic E-state index is -0.543. The molecule has 1 N–H and O–H groups in total. The predicted molar refractivity (Wildman–Crippen MR) is 117 cm³/mol. The summed E-state index contributed by atoms with van der Waals surface area (Å²) in [6, 6.07) is 15.1. The van der Waals surface area contributed by atoms with Crippen molar-refractivity contribution in [1.82, 2.24) is 5.32 Å². The van der Waals surface area contributed by atoms with Crippen molar-refractivity contribution in [2.75, 3.05) is 30.4 Å². The fraction of sp³-hybridized carbons (Fsp3) is 0.375. The molecule has 0 saturated carbocycles. The molecule has 0 radical (unpaired) electrons. The van der Waals surface area contributed by atoms with Gasteiger partial charge in [0.1, 0.15) is 5.66 Å². The van der Waals surface area contributed by atoms with Crippen LogP contribution in [-0.2, 0) is 16.6 Å². The van der Waals surface area contributed by atoms with Crippen LogP contribution in [-0.4, -0.2) is 32.2 Å². The van der Waals surface area contributed by atoms with Gasteiger partial charge in [0.15, 0.2) is 0 Å². The average Bonchev–Trinajstić information content (AvgIpc) is 3.11. The summed E-state index contributed by atoms with van der Waals surface area (Å²) in [5.74, 6) is 0.0749. The molecular weight excluding hydrogens is 346 g/mol. The van der Waals surface area contributed by atoms with Crippen LogP contribution < -0.4 is 15.1 Å². The van der Waals surface area contributed by atoms with E-state index in [1.54, 1.807) is 0 Å². The fourth-order valence-corrected chi connectivity index (χ4v) is 4.54. The molecule has 0 bridgehead atoms. The SMILES string of the molecule is CCc1ccc2c(c1)C(C)(C)[C@@]1(C=Cc3ccc(N(C)C)cc3)NC(=O)CN21. The smallest absolute Gasteiger partial charge is 0.241 e. The lowest BCUT2D eigenvalue weighted by molar-refractivity contribution is -0.118. The first-order chi connectivity index (χ1) is 13.3.